The van der Waals surface area contributed by atoms with Crippen molar-refractivity contribution in [3.8, 4) is 0 Å². The maximum absolute atomic E-state index is 12.5. The summed E-state index contributed by atoms with van der Waals surface area (Å²) in [7, 11) is -3.07. The summed E-state index contributed by atoms with van der Waals surface area (Å²) in [6.45, 7) is 0. The largest absolute Gasteiger partial charge is 0.398 e. The third-order valence-corrected chi connectivity index (χ3v) is 6.21. The van der Waals surface area contributed by atoms with Crippen LogP contribution in [0.3, 0.4) is 0 Å². The molecule has 1 saturated carbocycles. The van der Waals surface area contributed by atoms with Crippen LogP contribution in [-0.4, -0.2) is 25.7 Å². The number of Topliss-reactive ketones (excluding diaryl/α,β-unsaturated/α-hetero) is 1. The van der Waals surface area contributed by atoms with Gasteiger partial charge in [0, 0.05) is 27.9 Å². The Hall–Kier alpha value is -0.880. The van der Waals surface area contributed by atoms with Gasteiger partial charge in [-0.05, 0) is 53.4 Å². The highest BCUT2D eigenvalue weighted by molar-refractivity contribution is 9.10. The molecule has 6 heteroatoms. The first kappa shape index (κ1) is 15.5. The Labute approximate surface area is 127 Å². The summed E-state index contributed by atoms with van der Waals surface area (Å²) >= 11 is 3.31. The zero-order chi connectivity index (χ0) is 14.9. The number of nitrogens with two attached hydrogens (primary N) is 1. The second-order valence-corrected chi connectivity index (χ2v) is 8.60. The zero-order valence-corrected chi connectivity index (χ0v) is 13.7. The number of benzene rings is 1. The van der Waals surface area contributed by atoms with Crippen molar-refractivity contribution in [3.05, 3.63) is 28.2 Å². The number of carbonyl (C=O) groups is 1. The van der Waals surface area contributed by atoms with E-state index in [-0.39, 0.29) is 17.0 Å². The van der Waals surface area contributed by atoms with Crippen LogP contribution in [-0.2, 0) is 9.84 Å². The number of ketones is 1. The van der Waals surface area contributed by atoms with Gasteiger partial charge in [0.1, 0.15) is 9.84 Å². The molecule has 4 nitrogen and oxygen atoms in total. The molecule has 1 aliphatic rings. The average molecular weight is 360 g/mol. The molecule has 0 amide bonds. The van der Waals surface area contributed by atoms with Crippen LogP contribution in [0.25, 0.3) is 0 Å². The van der Waals surface area contributed by atoms with E-state index in [0.29, 0.717) is 28.6 Å². The van der Waals surface area contributed by atoms with Crippen LogP contribution in [0, 0.1) is 5.92 Å². The fraction of sp³-hybridized carbons (Fsp3) is 0.500. The second kappa shape index (κ2) is 5.85. The van der Waals surface area contributed by atoms with Crippen LogP contribution in [0.4, 0.5) is 5.69 Å². The first-order valence-corrected chi connectivity index (χ1v) is 9.32. The molecular formula is C14H18BrNO3S. The fourth-order valence-corrected chi connectivity index (χ4v) is 4.24. The van der Waals surface area contributed by atoms with Crippen molar-refractivity contribution in [3.63, 3.8) is 0 Å². The summed E-state index contributed by atoms with van der Waals surface area (Å²) < 4.78 is 24.0. The van der Waals surface area contributed by atoms with Crippen molar-refractivity contribution in [2.24, 2.45) is 5.92 Å². The Morgan fingerprint density at radius 2 is 2.05 bits per heavy atom. The lowest BCUT2D eigenvalue weighted by Crippen LogP contribution is -2.31. The van der Waals surface area contributed by atoms with Crippen molar-refractivity contribution in [2.45, 2.75) is 30.9 Å². The highest BCUT2D eigenvalue weighted by Gasteiger charge is 2.32. The predicted octanol–water partition coefficient (Wildman–Crippen LogP) is 2.82. The molecule has 0 radical (unpaired) electrons. The molecule has 2 unspecified atom stereocenters. The van der Waals surface area contributed by atoms with E-state index in [2.05, 4.69) is 15.9 Å². The van der Waals surface area contributed by atoms with Gasteiger partial charge in [0.25, 0.3) is 0 Å². The Kier molecular flexibility index (Phi) is 4.54. The van der Waals surface area contributed by atoms with Crippen LogP contribution in [0.15, 0.2) is 22.7 Å². The predicted molar refractivity (Wildman–Crippen MR) is 83.5 cm³/mol. The van der Waals surface area contributed by atoms with Crippen molar-refractivity contribution in [2.75, 3.05) is 12.0 Å². The van der Waals surface area contributed by atoms with Gasteiger partial charge in [-0.3, -0.25) is 4.79 Å². The number of halogens is 1. The summed E-state index contributed by atoms with van der Waals surface area (Å²) in [4.78, 5) is 12.5. The van der Waals surface area contributed by atoms with Crippen molar-refractivity contribution in [1.29, 1.82) is 0 Å². The number of hydrogen-bond acceptors (Lipinski definition) is 4. The van der Waals surface area contributed by atoms with Gasteiger partial charge in [-0.15, -0.1) is 0 Å². The smallest absolute Gasteiger partial charge is 0.166 e. The van der Waals surface area contributed by atoms with E-state index < -0.39 is 9.84 Å². The van der Waals surface area contributed by atoms with Crippen LogP contribution in [0.1, 0.15) is 36.0 Å². The van der Waals surface area contributed by atoms with Gasteiger partial charge in [0.15, 0.2) is 5.78 Å². The minimum absolute atomic E-state index is 0.0130. The first-order chi connectivity index (χ1) is 9.29. The van der Waals surface area contributed by atoms with Crippen LogP contribution < -0.4 is 5.73 Å². The SMILES string of the molecule is CS(=O)(=O)C1CCCC(C(=O)c2ccc(N)c(Br)c2)C1. The maximum atomic E-state index is 12.5. The summed E-state index contributed by atoms with van der Waals surface area (Å²) in [5.74, 6) is -0.196. The second-order valence-electron chi connectivity index (χ2n) is 5.42. The Bertz CT molecular complexity index is 627. The van der Waals surface area contributed by atoms with Gasteiger partial charge in [-0.2, -0.15) is 0 Å². The molecule has 0 bridgehead atoms. The van der Waals surface area contributed by atoms with Gasteiger partial charge in [0.05, 0.1) is 5.25 Å². The van der Waals surface area contributed by atoms with E-state index in [0.717, 1.165) is 12.8 Å². The molecule has 1 aromatic rings. The maximum Gasteiger partial charge on any atom is 0.166 e. The lowest BCUT2D eigenvalue weighted by atomic mass is 9.83. The van der Waals surface area contributed by atoms with E-state index in [4.69, 9.17) is 5.73 Å². The molecule has 0 spiro atoms. The Morgan fingerprint density at radius 3 is 2.65 bits per heavy atom. The van der Waals surface area contributed by atoms with E-state index >= 15 is 0 Å². The third-order valence-electron chi connectivity index (χ3n) is 3.89. The lowest BCUT2D eigenvalue weighted by molar-refractivity contribution is 0.0891. The van der Waals surface area contributed by atoms with Crippen molar-refractivity contribution in [1.82, 2.24) is 0 Å². The molecule has 20 heavy (non-hydrogen) atoms. The summed E-state index contributed by atoms with van der Waals surface area (Å²) in [6.07, 6.45) is 3.88. The minimum atomic E-state index is -3.07. The van der Waals surface area contributed by atoms with Gasteiger partial charge >= 0.3 is 0 Å². The number of nitrogen functional groups attached to an aromatic ring is 1. The van der Waals surface area contributed by atoms with Crippen molar-refractivity contribution < 1.29 is 13.2 Å². The molecule has 2 N–H and O–H groups in total. The van der Waals surface area contributed by atoms with Gasteiger partial charge in [-0.25, -0.2) is 8.42 Å². The van der Waals surface area contributed by atoms with Crippen LogP contribution in [0.2, 0.25) is 0 Å². The van der Waals surface area contributed by atoms with Crippen molar-refractivity contribution >= 4 is 37.2 Å². The van der Waals surface area contributed by atoms with Gasteiger partial charge < -0.3 is 5.73 Å². The highest BCUT2D eigenvalue weighted by atomic mass is 79.9. The van der Waals surface area contributed by atoms with E-state index in [1.807, 2.05) is 0 Å². The van der Waals surface area contributed by atoms with Gasteiger partial charge in [-0.1, -0.05) is 6.42 Å². The average Bonchev–Trinajstić information content (AvgIpc) is 2.40. The molecule has 0 heterocycles. The molecule has 0 saturated heterocycles. The topological polar surface area (TPSA) is 77.2 Å². The number of carbonyl (C=O) groups excluding carboxylic acids is 1. The molecule has 1 fully saturated rings. The summed E-state index contributed by atoms with van der Waals surface area (Å²) in [6, 6.07) is 5.10. The van der Waals surface area contributed by atoms with Crippen LogP contribution in [0.5, 0.6) is 0 Å². The van der Waals surface area contributed by atoms with E-state index in [9.17, 15) is 13.2 Å². The molecule has 2 rings (SSSR count). The Balaban J connectivity index is 2.18. The number of anilines is 1. The lowest BCUT2D eigenvalue weighted by Gasteiger charge is -2.27. The Morgan fingerprint density at radius 1 is 1.35 bits per heavy atom. The molecule has 0 aliphatic heterocycles. The molecule has 2 atom stereocenters. The quantitative estimate of drug-likeness (QED) is 0.664. The number of rotatable bonds is 3. The highest BCUT2D eigenvalue weighted by Crippen LogP contribution is 2.32. The summed E-state index contributed by atoms with van der Waals surface area (Å²) in [5.41, 5.74) is 6.88. The molecule has 1 aliphatic carbocycles. The third kappa shape index (κ3) is 3.41. The van der Waals surface area contributed by atoms with E-state index in [1.165, 1.54) is 6.26 Å². The normalized spacial score (nSPS) is 23.5. The monoisotopic (exact) mass is 359 g/mol. The van der Waals surface area contributed by atoms with Gasteiger partial charge in [0.2, 0.25) is 0 Å². The molecule has 110 valence electrons. The number of hydrogen-bond donors (Lipinski definition) is 1. The van der Waals surface area contributed by atoms with Crippen LogP contribution >= 0.6 is 15.9 Å². The fourth-order valence-electron chi connectivity index (χ4n) is 2.69. The molecule has 1 aromatic carbocycles. The zero-order valence-electron chi connectivity index (χ0n) is 11.3. The molecular weight excluding hydrogens is 342 g/mol. The van der Waals surface area contributed by atoms with E-state index in [1.54, 1.807) is 18.2 Å². The minimum Gasteiger partial charge on any atom is -0.398 e. The standard InChI is InChI=1S/C14H18BrNO3S/c1-20(18,19)11-4-2-3-9(7-11)14(17)10-5-6-13(16)12(15)8-10/h5-6,8-9,11H,2-4,7,16H2,1H3. The summed E-state index contributed by atoms with van der Waals surface area (Å²) in [5, 5.41) is -0.387. The molecule has 0 aromatic heterocycles. The first-order valence-electron chi connectivity index (χ1n) is 6.57. The number of sulfone groups is 1.